The molecule has 0 bridgehead atoms. The van der Waals surface area contributed by atoms with E-state index in [0.29, 0.717) is 0 Å². The number of nitrogens with zero attached hydrogens (tertiary/aromatic N) is 2. The van der Waals surface area contributed by atoms with Gasteiger partial charge in [-0.1, -0.05) is 36.0 Å². The van der Waals surface area contributed by atoms with Crippen molar-refractivity contribution in [3.05, 3.63) is 35.9 Å². The van der Waals surface area contributed by atoms with E-state index in [4.69, 9.17) is 6.42 Å². The lowest BCUT2D eigenvalue weighted by Crippen LogP contribution is -2.26. The van der Waals surface area contributed by atoms with Crippen LogP contribution in [-0.2, 0) is 0 Å². The molecule has 0 saturated carbocycles. The molecule has 114 valence electrons. The van der Waals surface area contributed by atoms with Crippen LogP contribution in [0, 0.1) is 36.0 Å². The summed E-state index contributed by atoms with van der Waals surface area (Å²) in [7, 11) is 0. The van der Waals surface area contributed by atoms with Crippen LogP contribution in [0.3, 0.4) is 0 Å². The number of terminal acetylenes is 1. The Morgan fingerprint density at radius 1 is 0.955 bits per heavy atom. The highest BCUT2D eigenvalue weighted by molar-refractivity contribution is 5.33. The van der Waals surface area contributed by atoms with Crippen molar-refractivity contribution in [1.82, 2.24) is 9.80 Å². The van der Waals surface area contributed by atoms with Gasteiger partial charge in [-0.25, -0.2) is 0 Å². The van der Waals surface area contributed by atoms with Crippen molar-refractivity contribution in [2.75, 3.05) is 39.3 Å². The van der Waals surface area contributed by atoms with Crippen LogP contribution >= 0.6 is 0 Å². The van der Waals surface area contributed by atoms with Crippen LogP contribution in [0.1, 0.15) is 18.4 Å². The standard InChI is InChI=1S/C20H24N2/c1-2-12-21-14-10-19(16-21)20-11-15-22(17-20)13-6-9-18-7-4-3-5-8-18/h1,3-5,7-8,19-20H,10-17H2. The zero-order chi connectivity index (χ0) is 15.2. The lowest BCUT2D eigenvalue weighted by Gasteiger charge is -2.19. The van der Waals surface area contributed by atoms with Crippen molar-refractivity contribution >= 4 is 0 Å². The Hall–Kier alpha value is -1.74. The summed E-state index contributed by atoms with van der Waals surface area (Å²) in [4.78, 5) is 4.92. The first-order chi connectivity index (χ1) is 10.8. The van der Waals surface area contributed by atoms with E-state index in [1.807, 2.05) is 18.2 Å². The third-order valence-corrected chi connectivity index (χ3v) is 4.91. The third-order valence-electron chi connectivity index (χ3n) is 4.91. The van der Waals surface area contributed by atoms with Gasteiger partial charge in [-0.15, -0.1) is 6.42 Å². The topological polar surface area (TPSA) is 6.48 Å². The zero-order valence-corrected chi connectivity index (χ0v) is 13.2. The molecule has 2 fully saturated rings. The van der Waals surface area contributed by atoms with Gasteiger partial charge in [0.2, 0.25) is 0 Å². The van der Waals surface area contributed by atoms with E-state index in [2.05, 4.69) is 39.7 Å². The second kappa shape index (κ2) is 7.50. The second-order valence-electron chi connectivity index (χ2n) is 6.44. The van der Waals surface area contributed by atoms with Gasteiger partial charge in [0.1, 0.15) is 0 Å². The molecular formula is C20H24N2. The Balaban J connectivity index is 1.45. The smallest absolute Gasteiger partial charge is 0.0605 e. The maximum atomic E-state index is 5.42. The summed E-state index contributed by atoms with van der Waals surface area (Å²) < 4.78 is 0. The van der Waals surface area contributed by atoms with E-state index in [9.17, 15) is 0 Å². The Morgan fingerprint density at radius 3 is 2.23 bits per heavy atom. The van der Waals surface area contributed by atoms with Crippen LogP contribution < -0.4 is 0 Å². The summed E-state index contributed by atoms with van der Waals surface area (Å²) >= 11 is 0. The molecule has 1 aromatic rings. The van der Waals surface area contributed by atoms with Gasteiger partial charge in [-0.2, -0.15) is 0 Å². The molecule has 2 heterocycles. The highest BCUT2D eigenvalue weighted by atomic mass is 15.2. The first-order valence-corrected chi connectivity index (χ1v) is 8.27. The number of rotatable bonds is 3. The van der Waals surface area contributed by atoms with E-state index in [1.165, 1.54) is 39.0 Å². The molecular weight excluding hydrogens is 268 g/mol. The average Bonchev–Trinajstić information content (AvgIpc) is 3.18. The number of hydrogen-bond donors (Lipinski definition) is 0. The van der Waals surface area contributed by atoms with Gasteiger partial charge in [-0.3, -0.25) is 9.80 Å². The van der Waals surface area contributed by atoms with E-state index in [0.717, 1.165) is 30.5 Å². The van der Waals surface area contributed by atoms with E-state index < -0.39 is 0 Å². The monoisotopic (exact) mass is 292 g/mol. The fraction of sp³-hybridized carbons (Fsp3) is 0.500. The largest absolute Gasteiger partial charge is 0.292 e. The second-order valence-corrected chi connectivity index (χ2v) is 6.44. The molecule has 2 aliphatic heterocycles. The Bertz CT molecular complexity index is 575. The predicted octanol–water partition coefficient (Wildman–Crippen LogP) is 2.32. The molecule has 0 spiro atoms. The molecule has 0 N–H and O–H groups in total. The van der Waals surface area contributed by atoms with Gasteiger partial charge in [0.05, 0.1) is 13.1 Å². The van der Waals surface area contributed by atoms with Gasteiger partial charge in [0.25, 0.3) is 0 Å². The Labute approximate surface area is 134 Å². The van der Waals surface area contributed by atoms with Crippen molar-refractivity contribution in [2.24, 2.45) is 11.8 Å². The SMILES string of the molecule is C#CCN1CCC(C2CCN(CC#Cc3ccccc3)C2)C1. The molecule has 2 atom stereocenters. The van der Waals surface area contributed by atoms with Crippen LogP contribution in [0.5, 0.6) is 0 Å². The van der Waals surface area contributed by atoms with Crippen molar-refractivity contribution < 1.29 is 0 Å². The number of likely N-dealkylation sites (tertiary alicyclic amines) is 2. The highest BCUT2D eigenvalue weighted by Gasteiger charge is 2.33. The molecule has 2 aliphatic rings. The van der Waals surface area contributed by atoms with Gasteiger partial charge in [0, 0.05) is 18.7 Å². The summed E-state index contributed by atoms with van der Waals surface area (Å²) in [5.41, 5.74) is 1.11. The summed E-state index contributed by atoms with van der Waals surface area (Å²) in [6.45, 7) is 6.48. The van der Waals surface area contributed by atoms with Crippen LogP contribution in [0.15, 0.2) is 30.3 Å². The number of benzene rings is 1. The van der Waals surface area contributed by atoms with Crippen LogP contribution in [0.4, 0.5) is 0 Å². The van der Waals surface area contributed by atoms with Gasteiger partial charge in [0.15, 0.2) is 0 Å². The van der Waals surface area contributed by atoms with Crippen LogP contribution in [0.25, 0.3) is 0 Å². The lowest BCUT2D eigenvalue weighted by atomic mass is 9.91. The summed E-state index contributed by atoms with van der Waals surface area (Å²) in [5.74, 6) is 11.0. The molecule has 2 unspecified atom stereocenters. The van der Waals surface area contributed by atoms with Gasteiger partial charge < -0.3 is 0 Å². The van der Waals surface area contributed by atoms with E-state index in [-0.39, 0.29) is 0 Å². The third kappa shape index (κ3) is 3.92. The molecule has 0 aromatic heterocycles. The maximum Gasteiger partial charge on any atom is 0.0605 e. The molecule has 0 radical (unpaired) electrons. The first-order valence-electron chi connectivity index (χ1n) is 8.27. The summed E-state index contributed by atoms with van der Waals surface area (Å²) in [6, 6.07) is 10.2. The fourth-order valence-corrected chi connectivity index (χ4v) is 3.69. The van der Waals surface area contributed by atoms with Crippen LogP contribution in [-0.4, -0.2) is 49.1 Å². The molecule has 2 nitrogen and oxygen atoms in total. The van der Waals surface area contributed by atoms with Crippen molar-refractivity contribution in [3.8, 4) is 24.2 Å². The normalized spacial score (nSPS) is 25.6. The molecule has 1 aromatic carbocycles. The first kappa shape index (κ1) is 15.2. The molecule has 22 heavy (non-hydrogen) atoms. The average molecular weight is 292 g/mol. The summed E-state index contributed by atoms with van der Waals surface area (Å²) in [5, 5.41) is 0. The van der Waals surface area contributed by atoms with Gasteiger partial charge in [-0.05, 0) is 49.9 Å². The summed E-state index contributed by atoms with van der Waals surface area (Å²) in [6.07, 6.45) is 8.05. The molecule has 2 heteroatoms. The van der Waals surface area contributed by atoms with Gasteiger partial charge >= 0.3 is 0 Å². The predicted molar refractivity (Wildman–Crippen MR) is 91.2 cm³/mol. The fourth-order valence-electron chi connectivity index (χ4n) is 3.69. The lowest BCUT2D eigenvalue weighted by molar-refractivity contribution is 0.293. The Morgan fingerprint density at radius 2 is 1.59 bits per heavy atom. The van der Waals surface area contributed by atoms with E-state index in [1.54, 1.807) is 0 Å². The Kier molecular flexibility index (Phi) is 5.17. The van der Waals surface area contributed by atoms with Crippen molar-refractivity contribution in [3.63, 3.8) is 0 Å². The minimum atomic E-state index is 0.815. The quantitative estimate of drug-likeness (QED) is 0.789. The molecule has 3 rings (SSSR count). The highest BCUT2D eigenvalue weighted by Crippen LogP contribution is 2.30. The maximum absolute atomic E-state index is 5.42. The van der Waals surface area contributed by atoms with Crippen LogP contribution in [0.2, 0.25) is 0 Å². The van der Waals surface area contributed by atoms with E-state index >= 15 is 0 Å². The minimum Gasteiger partial charge on any atom is -0.292 e. The molecule has 0 aliphatic carbocycles. The number of hydrogen-bond acceptors (Lipinski definition) is 2. The zero-order valence-electron chi connectivity index (χ0n) is 13.2. The minimum absolute atomic E-state index is 0.815. The molecule has 2 saturated heterocycles. The molecule has 0 amide bonds. The van der Waals surface area contributed by atoms with Crippen molar-refractivity contribution in [2.45, 2.75) is 12.8 Å². The van der Waals surface area contributed by atoms with Crippen molar-refractivity contribution in [1.29, 1.82) is 0 Å².